The molecule has 0 spiro atoms. The maximum absolute atomic E-state index is 12.2. The molecule has 0 aliphatic carbocycles. The Morgan fingerprint density at radius 3 is 2.19 bits per heavy atom. The van der Waals surface area contributed by atoms with Crippen LogP contribution in [0.5, 0.6) is 17.2 Å². The predicted molar refractivity (Wildman–Crippen MR) is 99.0 cm³/mol. The van der Waals surface area contributed by atoms with E-state index in [0.717, 1.165) is 0 Å². The third kappa shape index (κ3) is 4.74. The molecule has 0 aliphatic heterocycles. The Morgan fingerprint density at radius 2 is 1.67 bits per heavy atom. The number of rotatable bonds is 7. The molecule has 0 radical (unpaired) electrons. The molecule has 0 unspecified atom stereocenters. The number of carbonyl (C=O) groups excluding carboxylic acids is 1. The summed E-state index contributed by atoms with van der Waals surface area (Å²) in [5, 5.41) is 8.96. The van der Waals surface area contributed by atoms with Crippen LogP contribution in [0.2, 0.25) is 0 Å². The third-order valence-corrected chi connectivity index (χ3v) is 4.47. The van der Waals surface area contributed by atoms with Crippen molar-refractivity contribution in [2.45, 2.75) is 4.90 Å². The number of hydrazone groups is 1. The maximum Gasteiger partial charge on any atom is 0.272 e. The van der Waals surface area contributed by atoms with Crippen molar-refractivity contribution in [2.75, 3.05) is 21.3 Å². The lowest BCUT2D eigenvalue weighted by Gasteiger charge is -2.12. The Kier molecular flexibility index (Phi) is 6.37. The summed E-state index contributed by atoms with van der Waals surface area (Å²) in [4.78, 5) is 11.9. The Labute approximate surface area is 156 Å². The molecular weight excluding hydrogens is 374 g/mol. The van der Waals surface area contributed by atoms with Gasteiger partial charge in [-0.1, -0.05) is 12.1 Å². The molecule has 2 aromatic carbocycles. The number of nitrogens with one attached hydrogen (secondary N) is 1. The number of benzene rings is 2. The highest BCUT2D eigenvalue weighted by Crippen LogP contribution is 2.37. The van der Waals surface area contributed by atoms with Crippen molar-refractivity contribution in [2.24, 2.45) is 10.2 Å². The van der Waals surface area contributed by atoms with Crippen molar-refractivity contribution < 1.29 is 27.4 Å². The first-order valence-corrected chi connectivity index (χ1v) is 9.11. The number of nitrogens with zero attached hydrogens (tertiary/aromatic N) is 1. The average Bonchev–Trinajstić information content (AvgIpc) is 2.66. The number of hydrogen-bond acceptors (Lipinski definition) is 7. The molecule has 0 aliphatic rings. The molecular formula is C17H19N3O6S. The minimum Gasteiger partial charge on any atom is -0.493 e. The molecule has 9 nitrogen and oxygen atoms in total. The highest BCUT2D eigenvalue weighted by molar-refractivity contribution is 7.89. The number of sulfonamides is 1. The quantitative estimate of drug-likeness (QED) is 0.536. The van der Waals surface area contributed by atoms with Gasteiger partial charge in [-0.3, -0.25) is 4.79 Å². The summed E-state index contributed by atoms with van der Waals surface area (Å²) in [5.74, 6) is 0.542. The number of carbonyl (C=O) groups is 1. The highest BCUT2D eigenvalue weighted by atomic mass is 32.2. The summed E-state index contributed by atoms with van der Waals surface area (Å²) in [6.07, 6.45) is 1.35. The fourth-order valence-electron chi connectivity index (χ4n) is 2.30. The van der Waals surface area contributed by atoms with E-state index in [0.29, 0.717) is 22.8 Å². The van der Waals surface area contributed by atoms with Crippen LogP contribution in [0, 0.1) is 0 Å². The van der Waals surface area contributed by atoms with Gasteiger partial charge in [0.15, 0.2) is 11.5 Å². The van der Waals surface area contributed by atoms with E-state index in [1.807, 2.05) is 0 Å². The number of nitrogens with two attached hydrogens (primary N) is 1. The van der Waals surface area contributed by atoms with Crippen molar-refractivity contribution >= 4 is 22.1 Å². The van der Waals surface area contributed by atoms with Crippen LogP contribution in [0.4, 0.5) is 0 Å². The molecule has 0 atom stereocenters. The van der Waals surface area contributed by atoms with Crippen molar-refractivity contribution in [3.8, 4) is 17.2 Å². The topological polar surface area (TPSA) is 129 Å². The van der Waals surface area contributed by atoms with E-state index < -0.39 is 15.9 Å². The molecule has 2 rings (SSSR count). The van der Waals surface area contributed by atoms with Gasteiger partial charge in [-0.05, 0) is 24.3 Å². The van der Waals surface area contributed by atoms with E-state index in [1.54, 1.807) is 12.1 Å². The van der Waals surface area contributed by atoms with Gasteiger partial charge >= 0.3 is 0 Å². The maximum atomic E-state index is 12.2. The molecule has 10 heteroatoms. The van der Waals surface area contributed by atoms with E-state index in [-0.39, 0.29) is 10.5 Å². The van der Waals surface area contributed by atoms with E-state index in [1.165, 1.54) is 51.8 Å². The van der Waals surface area contributed by atoms with Crippen molar-refractivity contribution in [1.29, 1.82) is 0 Å². The normalized spacial score (nSPS) is 11.3. The molecule has 0 heterocycles. The largest absolute Gasteiger partial charge is 0.493 e. The van der Waals surface area contributed by atoms with Crippen molar-refractivity contribution in [3.63, 3.8) is 0 Å². The summed E-state index contributed by atoms with van der Waals surface area (Å²) >= 11 is 0. The van der Waals surface area contributed by atoms with Gasteiger partial charge in [0.05, 0.1) is 38.0 Å². The van der Waals surface area contributed by atoms with Gasteiger partial charge in [0, 0.05) is 5.56 Å². The van der Waals surface area contributed by atoms with Crippen LogP contribution in [0.1, 0.15) is 15.9 Å². The zero-order valence-corrected chi connectivity index (χ0v) is 15.7. The smallest absolute Gasteiger partial charge is 0.272 e. The summed E-state index contributed by atoms with van der Waals surface area (Å²) in [6, 6.07) is 8.84. The second kappa shape index (κ2) is 8.52. The molecule has 2 aromatic rings. The molecule has 1 amide bonds. The van der Waals surface area contributed by atoms with E-state index in [9.17, 15) is 13.2 Å². The summed E-state index contributed by atoms with van der Waals surface area (Å²) < 4.78 is 38.8. The van der Waals surface area contributed by atoms with Gasteiger partial charge in [0.25, 0.3) is 5.91 Å². The summed E-state index contributed by atoms with van der Waals surface area (Å²) in [7, 11) is 0.395. The van der Waals surface area contributed by atoms with Crippen LogP contribution < -0.4 is 24.8 Å². The molecule has 27 heavy (non-hydrogen) atoms. The first-order valence-electron chi connectivity index (χ1n) is 7.57. The van der Waals surface area contributed by atoms with Gasteiger partial charge < -0.3 is 14.2 Å². The zero-order valence-electron chi connectivity index (χ0n) is 14.9. The fraction of sp³-hybridized carbons (Fsp3) is 0.176. The number of methoxy groups -OCH3 is 3. The Balaban J connectivity index is 2.25. The van der Waals surface area contributed by atoms with Crippen molar-refractivity contribution in [3.05, 3.63) is 47.5 Å². The number of ether oxygens (including phenoxy) is 3. The standard InChI is InChI=1S/C17H19N3O6S/c1-24-13-8-11(9-14(25-2)16(13)26-3)10-19-20-17(21)12-6-4-5-7-15(12)27(18,22)23/h4-10H,1-3H3,(H,20,21)(H2,18,22,23)/b19-10+. The lowest BCUT2D eigenvalue weighted by Crippen LogP contribution is -2.23. The molecule has 0 saturated heterocycles. The second-order valence-corrected chi connectivity index (χ2v) is 6.73. The predicted octanol–water partition coefficient (Wildman–Crippen LogP) is 1.12. The fourth-order valence-corrected chi connectivity index (χ4v) is 3.04. The highest BCUT2D eigenvalue weighted by Gasteiger charge is 2.18. The van der Waals surface area contributed by atoms with Crippen LogP contribution in [-0.4, -0.2) is 41.9 Å². The minimum absolute atomic E-state index is 0.109. The SMILES string of the molecule is COc1cc(/C=N/NC(=O)c2ccccc2S(N)(=O)=O)cc(OC)c1OC. The Bertz CT molecular complexity index is 947. The second-order valence-electron chi connectivity index (χ2n) is 5.20. The van der Waals surface area contributed by atoms with E-state index in [2.05, 4.69) is 10.5 Å². The lowest BCUT2D eigenvalue weighted by atomic mass is 10.2. The molecule has 0 saturated carbocycles. The lowest BCUT2D eigenvalue weighted by molar-refractivity contribution is 0.0952. The summed E-state index contributed by atoms with van der Waals surface area (Å²) in [6.45, 7) is 0. The van der Waals surface area contributed by atoms with Crippen molar-refractivity contribution in [1.82, 2.24) is 5.43 Å². The van der Waals surface area contributed by atoms with Crippen LogP contribution in [0.25, 0.3) is 0 Å². The van der Waals surface area contributed by atoms with Gasteiger partial charge in [-0.25, -0.2) is 19.0 Å². The van der Waals surface area contributed by atoms with Gasteiger partial charge in [0.1, 0.15) is 0 Å². The average molecular weight is 393 g/mol. The van der Waals surface area contributed by atoms with Crippen LogP contribution >= 0.6 is 0 Å². The summed E-state index contributed by atoms with van der Waals surface area (Å²) in [5.41, 5.74) is 2.71. The molecule has 144 valence electrons. The first kappa shape index (κ1) is 20.2. The molecule has 0 fully saturated rings. The first-order chi connectivity index (χ1) is 12.8. The van der Waals surface area contributed by atoms with Gasteiger partial charge in [0.2, 0.25) is 15.8 Å². The Hall–Kier alpha value is -3.11. The van der Waals surface area contributed by atoms with Crippen LogP contribution in [0.15, 0.2) is 46.4 Å². The monoisotopic (exact) mass is 393 g/mol. The minimum atomic E-state index is -4.04. The van der Waals surface area contributed by atoms with Gasteiger partial charge in [-0.15, -0.1) is 0 Å². The van der Waals surface area contributed by atoms with Gasteiger partial charge in [-0.2, -0.15) is 5.10 Å². The molecule has 0 bridgehead atoms. The van der Waals surface area contributed by atoms with Crippen LogP contribution in [-0.2, 0) is 10.0 Å². The molecule has 0 aromatic heterocycles. The number of primary sulfonamides is 1. The Morgan fingerprint density at radius 1 is 1.07 bits per heavy atom. The van der Waals surface area contributed by atoms with E-state index >= 15 is 0 Å². The number of amides is 1. The zero-order chi connectivity index (χ0) is 20.0. The third-order valence-electron chi connectivity index (χ3n) is 3.50. The van der Waals surface area contributed by atoms with Crippen LogP contribution in [0.3, 0.4) is 0 Å². The molecule has 3 N–H and O–H groups in total. The van der Waals surface area contributed by atoms with E-state index in [4.69, 9.17) is 19.3 Å². The number of hydrogen-bond donors (Lipinski definition) is 2.